The third kappa shape index (κ3) is 8.61. The standard InChI is InChI=1S/C26H37N/c1-2-3-4-6-9-12-23-14-18-25(19-15-23)26-20-16-24(17-21-26)13-10-7-5-8-11-22-27/h5,7-8,11,14-15,18-19,24,26H,2-4,6,9-10,12-13,16-17,20-21H2,1H3/b7-5+,11-8+/t24-,26-. The Kier molecular flexibility index (Phi) is 10.6. The van der Waals surface area contributed by atoms with Gasteiger partial charge in [-0.05, 0) is 74.3 Å². The molecule has 2 rings (SSSR count). The van der Waals surface area contributed by atoms with Gasteiger partial charge in [0.05, 0.1) is 6.07 Å². The zero-order chi connectivity index (χ0) is 19.2. The summed E-state index contributed by atoms with van der Waals surface area (Å²) in [6.45, 7) is 2.28. The first kappa shape index (κ1) is 21.5. The summed E-state index contributed by atoms with van der Waals surface area (Å²) >= 11 is 0. The normalized spacial score (nSPS) is 20.3. The van der Waals surface area contributed by atoms with E-state index in [2.05, 4.69) is 37.3 Å². The summed E-state index contributed by atoms with van der Waals surface area (Å²) in [6, 6.07) is 11.6. The molecule has 1 nitrogen and oxygen atoms in total. The van der Waals surface area contributed by atoms with Gasteiger partial charge < -0.3 is 0 Å². The van der Waals surface area contributed by atoms with E-state index < -0.39 is 0 Å². The third-order valence-electron chi connectivity index (χ3n) is 6.03. The van der Waals surface area contributed by atoms with E-state index in [0.29, 0.717) is 0 Å². The van der Waals surface area contributed by atoms with Gasteiger partial charge in [0.15, 0.2) is 0 Å². The van der Waals surface area contributed by atoms with Gasteiger partial charge in [-0.2, -0.15) is 5.26 Å². The first-order valence-corrected chi connectivity index (χ1v) is 11.1. The van der Waals surface area contributed by atoms with E-state index in [0.717, 1.165) is 18.3 Å². The van der Waals surface area contributed by atoms with Gasteiger partial charge in [0.2, 0.25) is 0 Å². The molecule has 0 spiro atoms. The van der Waals surface area contributed by atoms with Gasteiger partial charge >= 0.3 is 0 Å². The van der Waals surface area contributed by atoms with E-state index >= 15 is 0 Å². The summed E-state index contributed by atoms with van der Waals surface area (Å²) in [5, 5.41) is 8.46. The van der Waals surface area contributed by atoms with Crippen molar-refractivity contribution in [2.24, 2.45) is 5.92 Å². The van der Waals surface area contributed by atoms with Crippen LogP contribution in [0.5, 0.6) is 0 Å². The van der Waals surface area contributed by atoms with Crippen molar-refractivity contribution in [3.63, 3.8) is 0 Å². The Bertz CT molecular complexity index is 594. The fourth-order valence-corrected chi connectivity index (χ4v) is 4.28. The van der Waals surface area contributed by atoms with Crippen LogP contribution in [-0.4, -0.2) is 0 Å². The molecule has 1 aromatic carbocycles. The van der Waals surface area contributed by atoms with Crippen molar-refractivity contribution in [1.82, 2.24) is 0 Å². The zero-order valence-electron chi connectivity index (χ0n) is 17.2. The lowest BCUT2D eigenvalue weighted by Gasteiger charge is -2.28. The summed E-state index contributed by atoms with van der Waals surface area (Å²) < 4.78 is 0. The summed E-state index contributed by atoms with van der Waals surface area (Å²) in [6.07, 6.45) is 23.5. The highest BCUT2D eigenvalue weighted by Crippen LogP contribution is 2.37. The third-order valence-corrected chi connectivity index (χ3v) is 6.03. The Morgan fingerprint density at radius 2 is 1.70 bits per heavy atom. The number of benzene rings is 1. The quantitative estimate of drug-likeness (QED) is 0.223. The second kappa shape index (κ2) is 13.4. The van der Waals surface area contributed by atoms with Gasteiger partial charge in [0.1, 0.15) is 0 Å². The maximum absolute atomic E-state index is 8.46. The molecule has 0 saturated heterocycles. The van der Waals surface area contributed by atoms with Crippen molar-refractivity contribution in [2.75, 3.05) is 0 Å². The Morgan fingerprint density at radius 3 is 2.41 bits per heavy atom. The lowest BCUT2D eigenvalue weighted by Crippen LogP contribution is -2.13. The molecule has 27 heavy (non-hydrogen) atoms. The second-order valence-corrected chi connectivity index (χ2v) is 8.12. The maximum Gasteiger partial charge on any atom is 0.0912 e. The number of rotatable bonds is 11. The molecular weight excluding hydrogens is 326 g/mol. The Labute approximate surface area is 167 Å². The number of aryl methyl sites for hydroxylation is 1. The largest absolute Gasteiger partial charge is 0.193 e. The van der Waals surface area contributed by atoms with Gasteiger partial charge in [0.25, 0.3) is 0 Å². The fraction of sp³-hybridized carbons (Fsp3) is 0.577. The monoisotopic (exact) mass is 363 g/mol. The SMILES string of the molecule is CCCCCCCc1ccc([C@H]2CC[C@H](CC/C=C/C=C/C#N)CC2)cc1. The number of allylic oxidation sites excluding steroid dienone is 4. The molecule has 0 heterocycles. The molecule has 0 aliphatic heterocycles. The first-order chi connectivity index (χ1) is 13.3. The Hall–Kier alpha value is -1.81. The van der Waals surface area contributed by atoms with E-state index in [1.807, 2.05) is 18.2 Å². The van der Waals surface area contributed by atoms with Crippen molar-refractivity contribution >= 4 is 0 Å². The number of hydrogen-bond acceptors (Lipinski definition) is 1. The van der Waals surface area contributed by atoms with Crippen LogP contribution < -0.4 is 0 Å². The minimum Gasteiger partial charge on any atom is -0.193 e. The lowest BCUT2D eigenvalue weighted by molar-refractivity contribution is 0.312. The number of nitrogens with zero attached hydrogens (tertiary/aromatic N) is 1. The van der Waals surface area contributed by atoms with Crippen LogP contribution in [0.2, 0.25) is 0 Å². The van der Waals surface area contributed by atoms with Gasteiger partial charge in [-0.15, -0.1) is 0 Å². The highest BCUT2D eigenvalue weighted by molar-refractivity contribution is 5.26. The molecule has 1 heteroatoms. The van der Waals surface area contributed by atoms with Crippen LogP contribution in [0.3, 0.4) is 0 Å². The van der Waals surface area contributed by atoms with E-state index in [1.54, 1.807) is 5.56 Å². The molecule has 0 N–H and O–H groups in total. The lowest BCUT2D eigenvalue weighted by atomic mass is 9.77. The second-order valence-electron chi connectivity index (χ2n) is 8.12. The molecule has 1 aliphatic carbocycles. The van der Waals surface area contributed by atoms with Crippen molar-refractivity contribution < 1.29 is 0 Å². The van der Waals surface area contributed by atoms with Gasteiger partial charge in [-0.25, -0.2) is 0 Å². The molecule has 1 aromatic rings. The summed E-state index contributed by atoms with van der Waals surface area (Å²) in [7, 11) is 0. The van der Waals surface area contributed by atoms with Crippen LogP contribution in [0.1, 0.15) is 94.6 Å². The zero-order valence-corrected chi connectivity index (χ0v) is 17.2. The molecule has 0 radical (unpaired) electrons. The van der Waals surface area contributed by atoms with E-state index in [-0.39, 0.29) is 0 Å². The molecule has 1 fully saturated rings. The predicted octanol–water partition coefficient (Wildman–Crippen LogP) is 7.89. The fourth-order valence-electron chi connectivity index (χ4n) is 4.28. The topological polar surface area (TPSA) is 23.8 Å². The Balaban J connectivity index is 1.66. The van der Waals surface area contributed by atoms with Gasteiger partial charge in [0, 0.05) is 6.08 Å². The molecule has 0 amide bonds. The molecule has 0 atom stereocenters. The van der Waals surface area contributed by atoms with Crippen molar-refractivity contribution in [2.45, 2.75) is 89.9 Å². The molecule has 0 aromatic heterocycles. The van der Waals surface area contributed by atoms with Crippen LogP contribution >= 0.6 is 0 Å². The molecular formula is C26H37N. The van der Waals surface area contributed by atoms with Crippen molar-refractivity contribution in [3.05, 3.63) is 59.7 Å². The van der Waals surface area contributed by atoms with E-state index in [1.165, 1.54) is 82.3 Å². The minimum absolute atomic E-state index is 0.772. The van der Waals surface area contributed by atoms with Crippen molar-refractivity contribution in [1.29, 1.82) is 5.26 Å². The smallest absolute Gasteiger partial charge is 0.0912 e. The van der Waals surface area contributed by atoms with Crippen LogP contribution in [0.15, 0.2) is 48.6 Å². The predicted molar refractivity (Wildman–Crippen MR) is 117 cm³/mol. The average Bonchev–Trinajstić information content (AvgIpc) is 2.71. The van der Waals surface area contributed by atoms with Crippen LogP contribution in [0.25, 0.3) is 0 Å². The van der Waals surface area contributed by atoms with Gasteiger partial charge in [-0.1, -0.05) is 75.1 Å². The highest BCUT2D eigenvalue weighted by Gasteiger charge is 2.21. The van der Waals surface area contributed by atoms with Crippen LogP contribution in [0, 0.1) is 17.2 Å². The number of nitriles is 1. The molecule has 0 unspecified atom stereocenters. The molecule has 1 aliphatic rings. The van der Waals surface area contributed by atoms with Crippen LogP contribution in [0.4, 0.5) is 0 Å². The number of hydrogen-bond donors (Lipinski definition) is 0. The van der Waals surface area contributed by atoms with Gasteiger partial charge in [-0.3, -0.25) is 0 Å². The minimum atomic E-state index is 0.772. The molecule has 146 valence electrons. The number of unbranched alkanes of at least 4 members (excludes halogenated alkanes) is 4. The molecule has 1 saturated carbocycles. The Morgan fingerprint density at radius 1 is 0.963 bits per heavy atom. The maximum atomic E-state index is 8.46. The van der Waals surface area contributed by atoms with E-state index in [4.69, 9.17) is 5.26 Å². The highest BCUT2D eigenvalue weighted by atomic mass is 14.3. The average molecular weight is 364 g/mol. The summed E-state index contributed by atoms with van der Waals surface area (Å²) in [4.78, 5) is 0. The van der Waals surface area contributed by atoms with Crippen molar-refractivity contribution in [3.8, 4) is 6.07 Å². The summed E-state index contributed by atoms with van der Waals surface area (Å²) in [5.74, 6) is 1.65. The van der Waals surface area contributed by atoms with E-state index in [9.17, 15) is 0 Å². The molecule has 0 bridgehead atoms. The first-order valence-electron chi connectivity index (χ1n) is 11.1. The summed E-state index contributed by atoms with van der Waals surface area (Å²) in [5.41, 5.74) is 3.07. The van der Waals surface area contributed by atoms with Crippen LogP contribution in [-0.2, 0) is 6.42 Å².